The number of aromatic nitrogens is 1. The van der Waals surface area contributed by atoms with Crippen LogP contribution in [-0.2, 0) is 0 Å². The number of benzene rings is 1. The summed E-state index contributed by atoms with van der Waals surface area (Å²) in [6, 6.07) is 3.37. The van der Waals surface area contributed by atoms with Crippen molar-refractivity contribution >= 4 is 22.5 Å². The molecule has 1 heterocycles. The quantitative estimate of drug-likeness (QED) is 0.615. The molecule has 0 aliphatic heterocycles. The molecule has 0 radical (unpaired) electrons. The lowest BCUT2D eigenvalue weighted by atomic mass is 9.94. The molecule has 1 unspecified atom stereocenters. The van der Waals surface area contributed by atoms with E-state index in [9.17, 15) is 4.79 Å². The minimum absolute atomic E-state index is 0.0992. The highest BCUT2D eigenvalue weighted by atomic mass is 16.4. The highest BCUT2D eigenvalue weighted by Gasteiger charge is 2.22. The van der Waals surface area contributed by atoms with E-state index in [0.717, 1.165) is 12.1 Å². The van der Waals surface area contributed by atoms with Crippen molar-refractivity contribution in [1.29, 1.82) is 0 Å². The lowest BCUT2D eigenvalue weighted by molar-refractivity contribution is 0.252. The molecule has 2 aromatic rings. The molecular weight excluding hydrogens is 246 g/mol. The van der Waals surface area contributed by atoms with Crippen molar-refractivity contribution in [1.82, 2.24) is 4.98 Å². The average molecular weight is 265 g/mol. The molecule has 19 heavy (non-hydrogen) atoms. The minimum Gasteiger partial charge on any atom is -0.408 e. The number of aliphatic hydroxyl groups excluding tert-OH is 1. The summed E-state index contributed by atoms with van der Waals surface area (Å²) in [5.74, 6) is -0.500. The molecule has 0 spiro atoms. The van der Waals surface area contributed by atoms with Gasteiger partial charge in [-0.1, -0.05) is 6.92 Å². The Morgan fingerprint density at radius 1 is 1.53 bits per heavy atom. The summed E-state index contributed by atoms with van der Waals surface area (Å²) < 4.78 is 4.95. The van der Waals surface area contributed by atoms with E-state index >= 15 is 0 Å². The Morgan fingerprint density at radius 2 is 2.26 bits per heavy atom. The molecule has 0 aliphatic rings. The van der Waals surface area contributed by atoms with Crippen molar-refractivity contribution in [3.63, 3.8) is 0 Å². The second-order valence-electron chi connectivity index (χ2n) is 4.96. The van der Waals surface area contributed by atoms with Gasteiger partial charge in [-0.25, -0.2) is 4.79 Å². The largest absolute Gasteiger partial charge is 0.417 e. The Kier molecular flexibility index (Phi) is 3.53. The number of hydrogen-bond donors (Lipinski definition) is 4. The lowest BCUT2D eigenvalue weighted by Crippen LogP contribution is -2.35. The first-order valence-corrected chi connectivity index (χ1v) is 6.29. The number of hydrogen-bond acceptors (Lipinski definition) is 5. The first-order chi connectivity index (χ1) is 8.97. The Balaban J connectivity index is 2.38. The molecule has 5 N–H and O–H groups in total. The summed E-state index contributed by atoms with van der Waals surface area (Å²) in [5, 5.41) is 12.4. The molecule has 104 valence electrons. The van der Waals surface area contributed by atoms with Crippen LogP contribution in [0.4, 0.5) is 11.4 Å². The van der Waals surface area contributed by atoms with Crippen molar-refractivity contribution in [3.05, 3.63) is 22.7 Å². The number of nitrogens with one attached hydrogen (secondary N) is 2. The summed E-state index contributed by atoms with van der Waals surface area (Å²) in [5.41, 5.74) is 7.97. The van der Waals surface area contributed by atoms with Crippen LogP contribution < -0.4 is 16.8 Å². The number of nitrogen functional groups attached to an aromatic ring is 1. The van der Waals surface area contributed by atoms with Gasteiger partial charge in [0.05, 0.1) is 16.9 Å². The van der Waals surface area contributed by atoms with Crippen LogP contribution >= 0.6 is 0 Å². The summed E-state index contributed by atoms with van der Waals surface area (Å²) >= 11 is 0. The van der Waals surface area contributed by atoms with Crippen molar-refractivity contribution < 1.29 is 9.52 Å². The Labute approximate surface area is 110 Å². The van der Waals surface area contributed by atoms with Gasteiger partial charge in [-0.2, -0.15) is 0 Å². The number of anilines is 2. The smallest absolute Gasteiger partial charge is 0.408 e. The summed E-state index contributed by atoms with van der Waals surface area (Å²) in [6.45, 7) is 4.16. The number of H-pyrrole nitrogens is 1. The van der Waals surface area contributed by atoms with Crippen LogP contribution in [0.1, 0.15) is 26.7 Å². The van der Waals surface area contributed by atoms with Crippen molar-refractivity contribution in [2.24, 2.45) is 0 Å². The molecule has 1 aromatic carbocycles. The number of fused-ring (bicyclic) bond motifs is 1. The molecule has 1 aromatic heterocycles. The van der Waals surface area contributed by atoms with Gasteiger partial charge >= 0.3 is 5.76 Å². The zero-order valence-corrected chi connectivity index (χ0v) is 11.1. The molecule has 0 aliphatic carbocycles. The van der Waals surface area contributed by atoms with E-state index in [-0.39, 0.29) is 12.1 Å². The molecule has 1 atom stereocenters. The third-order valence-corrected chi connectivity index (χ3v) is 3.47. The second-order valence-corrected chi connectivity index (χ2v) is 4.96. The SMILES string of the molecule is CCC(C)(CCO)Nc1cc2[nH]c(=O)oc2cc1N. The fourth-order valence-electron chi connectivity index (χ4n) is 2.02. The molecule has 6 nitrogen and oxygen atoms in total. The van der Waals surface area contributed by atoms with Gasteiger partial charge in [0.1, 0.15) is 0 Å². The molecule has 2 rings (SSSR count). The highest BCUT2D eigenvalue weighted by molar-refractivity contribution is 5.85. The van der Waals surface area contributed by atoms with Crippen molar-refractivity contribution in [2.75, 3.05) is 17.7 Å². The molecule has 0 bridgehead atoms. The molecule has 0 fully saturated rings. The Hall–Kier alpha value is -1.95. The molecular formula is C13H19N3O3. The zero-order valence-electron chi connectivity index (χ0n) is 11.1. The van der Waals surface area contributed by atoms with Gasteiger partial charge in [0.2, 0.25) is 0 Å². The van der Waals surface area contributed by atoms with Gasteiger partial charge in [-0.05, 0) is 25.8 Å². The zero-order chi connectivity index (χ0) is 14.0. The molecule has 6 heteroatoms. The number of nitrogens with two attached hydrogens (primary N) is 1. The van der Waals surface area contributed by atoms with Crippen molar-refractivity contribution in [3.8, 4) is 0 Å². The first kappa shape index (κ1) is 13.5. The molecule has 0 amide bonds. The number of oxazole rings is 1. The summed E-state index contributed by atoms with van der Waals surface area (Å²) in [7, 11) is 0. The van der Waals surface area contributed by atoms with Crippen LogP contribution in [0.25, 0.3) is 11.1 Å². The topological polar surface area (TPSA) is 104 Å². The van der Waals surface area contributed by atoms with E-state index in [1.807, 2.05) is 13.8 Å². The van der Waals surface area contributed by atoms with Gasteiger partial charge in [0, 0.05) is 18.2 Å². The second kappa shape index (κ2) is 4.97. The average Bonchev–Trinajstić information content (AvgIpc) is 2.69. The van der Waals surface area contributed by atoms with E-state index in [1.54, 1.807) is 12.1 Å². The monoisotopic (exact) mass is 265 g/mol. The molecule has 0 saturated heterocycles. The van der Waals surface area contributed by atoms with E-state index in [2.05, 4.69) is 10.3 Å². The Bertz CT molecular complexity index is 632. The van der Waals surface area contributed by atoms with Gasteiger partial charge in [0.25, 0.3) is 0 Å². The van der Waals surface area contributed by atoms with Crippen LogP contribution in [0.2, 0.25) is 0 Å². The predicted molar refractivity (Wildman–Crippen MR) is 75.3 cm³/mol. The van der Waals surface area contributed by atoms with Crippen LogP contribution in [0.15, 0.2) is 21.3 Å². The normalized spacial score (nSPS) is 14.5. The number of rotatable bonds is 5. The van der Waals surface area contributed by atoms with Gasteiger partial charge in [-0.15, -0.1) is 0 Å². The maximum atomic E-state index is 11.1. The molecule has 0 saturated carbocycles. The number of aromatic amines is 1. The van der Waals surface area contributed by atoms with Crippen LogP contribution in [0.5, 0.6) is 0 Å². The van der Waals surface area contributed by atoms with Gasteiger partial charge in [-0.3, -0.25) is 4.98 Å². The first-order valence-electron chi connectivity index (χ1n) is 6.29. The number of aliphatic hydroxyl groups is 1. The fraction of sp³-hybridized carbons (Fsp3) is 0.462. The van der Waals surface area contributed by atoms with Crippen LogP contribution in [-0.4, -0.2) is 22.2 Å². The van der Waals surface area contributed by atoms with Gasteiger partial charge in [0.15, 0.2) is 5.58 Å². The standard InChI is InChI=1S/C13H19N3O3/c1-3-13(2,4-5-17)16-9-7-10-11(6-8(9)14)19-12(18)15-10/h6-7,16-17H,3-5,14H2,1-2H3,(H,15,18). The van der Waals surface area contributed by atoms with E-state index in [1.165, 1.54) is 0 Å². The Morgan fingerprint density at radius 3 is 2.89 bits per heavy atom. The van der Waals surface area contributed by atoms with Crippen LogP contribution in [0, 0.1) is 0 Å². The van der Waals surface area contributed by atoms with Crippen LogP contribution in [0.3, 0.4) is 0 Å². The van der Waals surface area contributed by atoms with E-state index < -0.39 is 5.76 Å². The predicted octanol–water partition coefficient (Wildman–Crippen LogP) is 1.67. The minimum atomic E-state index is -0.500. The van der Waals surface area contributed by atoms with E-state index in [0.29, 0.717) is 23.2 Å². The maximum absolute atomic E-state index is 11.1. The van der Waals surface area contributed by atoms with Crippen molar-refractivity contribution in [2.45, 2.75) is 32.2 Å². The third kappa shape index (κ3) is 2.73. The highest BCUT2D eigenvalue weighted by Crippen LogP contribution is 2.29. The lowest BCUT2D eigenvalue weighted by Gasteiger charge is -2.30. The third-order valence-electron chi connectivity index (χ3n) is 3.47. The summed E-state index contributed by atoms with van der Waals surface area (Å²) in [4.78, 5) is 13.7. The summed E-state index contributed by atoms with van der Waals surface area (Å²) in [6.07, 6.45) is 1.45. The maximum Gasteiger partial charge on any atom is 0.417 e. The van der Waals surface area contributed by atoms with Gasteiger partial charge < -0.3 is 20.6 Å². The van der Waals surface area contributed by atoms with E-state index in [4.69, 9.17) is 15.3 Å². The fourth-order valence-corrected chi connectivity index (χ4v) is 2.02.